The fourth-order valence-corrected chi connectivity index (χ4v) is 2.11. The summed E-state index contributed by atoms with van der Waals surface area (Å²) in [4.78, 5) is 4.44. The van der Waals surface area contributed by atoms with Gasteiger partial charge in [-0.15, -0.1) is 0 Å². The van der Waals surface area contributed by atoms with Crippen LogP contribution in [0.5, 0.6) is 0 Å². The van der Waals surface area contributed by atoms with E-state index in [1.807, 2.05) is 12.3 Å². The Morgan fingerprint density at radius 3 is 3.35 bits per heavy atom. The third-order valence-electron chi connectivity index (χ3n) is 2.77. The van der Waals surface area contributed by atoms with Gasteiger partial charge in [-0.1, -0.05) is 11.6 Å². The summed E-state index contributed by atoms with van der Waals surface area (Å²) in [6, 6.07) is 3.91. The second-order valence-electron chi connectivity index (χ2n) is 4.11. The highest BCUT2D eigenvalue weighted by Gasteiger charge is 2.16. The molecular weight excluding hydrogens is 240 g/mol. The van der Waals surface area contributed by atoms with Crippen molar-refractivity contribution in [3.05, 3.63) is 29.2 Å². The lowest BCUT2D eigenvalue weighted by Crippen LogP contribution is -2.42. The Morgan fingerprint density at radius 2 is 2.53 bits per heavy atom. The lowest BCUT2D eigenvalue weighted by atomic mass is 10.2. The molecule has 3 rings (SSSR count). The van der Waals surface area contributed by atoms with Gasteiger partial charge in [0.05, 0.1) is 13.2 Å². The maximum Gasteiger partial charge on any atom is 0.157 e. The van der Waals surface area contributed by atoms with Crippen molar-refractivity contribution in [2.45, 2.75) is 12.5 Å². The molecule has 90 valence electrons. The van der Waals surface area contributed by atoms with Crippen molar-refractivity contribution in [2.24, 2.45) is 0 Å². The van der Waals surface area contributed by atoms with Crippen LogP contribution in [0.25, 0.3) is 5.65 Å². The van der Waals surface area contributed by atoms with Crippen LogP contribution in [-0.2, 0) is 11.2 Å². The third-order valence-corrected chi connectivity index (χ3v) is 3.01. The molecule has 0 bridgehead atoms. The van der Waals surface area contributed by atoms with Gasteiger partial charge >= 0.3 is 0 Å². The van der Waals surface area contributed by atoms with E-state index in [4.69, 9.17) is 16.3 Å². The molecule has 5 nitrogen and oxygen atoms in total. The zero-order chi connectivity index (χ0) is 11.7. The number of morpholine rings is 1. The number of hydrogen-bond donors (Lipinski definition) is 1. The number of nitrogens with zero attached hydrogens (tertiary/aromatic N) is 3. The van der Waals surface area contributed by atoms with Crippen molar-refractivity contribution in [1.82, 2.24) is 19.9 Å². The molecular formula is C11H13ClN4O. The van der Waals surface area contributed by atoms with Gasteiger partial charge in [0, 0.05) is 36.3 Å². The van der Waals surface area contributed by atoms with Crippen molar-refractivity contribution < 1.29 is 4.74 Å². The fraction of sp³-hybridized carbons (Fsp3) is 0.455. The van der Waals surface area contributed by atoms with Gasteiger partial charge in [-0.25, -0.2) is 9.50 Å². The molecule has 0 saturated carbocycles. The van der Waals surface area contributed by atoms with Crippen LogP contribution < -0.4 is 5.32 Å². The number of halogens is 1. The molecule has 2 aromatic heterocycles. The second-order valence-corrected chi connectivity index (χ2v) is 4.54. The maximum atomic E-state index is 5.91. The Morgan fingerprint density at radius 1 is 1.59 bits per heavy atom. The molecule has 0 spiro atoms. The molecule has 0 amide bonds. The predicted molar refractivity (Wildman–Crippen MR) is 64.3 cm³/mol. The van der Waals surface area contributed by atoms with Crippen LogP contribution in [0.2, 0.25) is 5.02 Å². The minimum atomic E-state index is 0.302. The lowest BCUT2D eigenvalue weighted by molar-refractivity contribution is 0.0764. The maximum absolute atomic E-state index is 5.91. The van der Waals surface area contributed by atoms with Crippen molar-refractivity contribution in [2.75, 3.05) is 19.8 Å². The highest BCUT2D eigenvalue weighted by Crippen LogP contribution is 2.11. The first kappa shape index (κ1) is 11.0. The van der Waals surface area contributed by atoms with E-state index in [-0.39, 0.29) is 0 Å². The Labute approximate surface area is 104 Å². The number of aromatic nitrogens is 3. The summed E-state index contributed by atoms with van der Waals surface area (Å²) in [6.45, 7) is 2.39. The van der Waals surface area contributed by atoms with E-state index < -0.39 is 0 Å². The van der Waals surface area contributed by atoms with Crippen LogP contribution in [0.1, 0.15) is 5.82 Å². The van der Waals surface area contributed by atoms with Crippen LogP contribution in [-0.4, -0.2) is 40.4 Å². The molecule has 3 heterocycles. The minimum Gasteiger partial charge on any atom is -0.379 e. The number of rotatable bonds is 2. The largest absolute Gasteiger partial charge is 0.379 e. The molecule has 1 atom stereocenters. The van der Waals surface area contributed by atoms with E-state index in [9.17, 15) is 0 Å². The minimum absolute atomic E-state index is 0.302. The van der Waals surface area contributed by atoms with E-state index in [0.29, 0.717) is 11.1 Å². The molecule has 1 aliphatic heterocycles. The van der Waals surface area contributed by atoms with Crippen LogP contribution in [0.3, 0.4) is 0 Å². The average Bonchev–Trinajstić information content (AvgIpc) is 2.71. The molecule has 0 aromatic carbocycles. The number of ether oxygens (including phenoxy) is 1. The monoisotopic (exact) mass is 252 g/mol. The van der Waals surface area contributed by atoms with E-state index >= 15 is 0 Å². The van der Waals surface area contributed by atoms with Crippen molar-refractivity contribution in [3.8, 4) is 0 Å². The van der Waals surface area contributed by atoms with Gasteiger partial charge < -0.3 is 10.1 Å². The van der Waals surface area contributed by atoms with Gasteiger partial charge in [-0.3, -0.25) is 0 Å². The highest BCUT2D eigenvalue weighted by atomic mass is 35.5. The summed E-state index contributed by atoms with van der Waals surface area (Å²) >= 11 is 5.91. The van der Waals surface area contributed by atoms with Crippen molar-refractivity contribution >= 4 is 17.2 Å². The zero-order valence-corrected chi connectivity index (χ0v) is 10.0. The summed E-state index contributed by atoms with van der Waals surface area (Å²) in [6.07, 6.45) is 2.60. The SMILES string of the molecule is Clc1ccn2nc(CC3COCCN3)nc2c1. The molecule has 1 aliphatic rings. The van der Waals surface area contributed by atoms with Gasteiger partial charge in [0.25, 0.3) is 0 Å². The Bertz CT molecular complexity index is 521. The molecule has 0 radical (unpaired) electrons. The number of fused-ring (bicyclic) bond motifs is 1. The van der Waals surface area contributed by atoms with E-state index in [1.54, 1.807) is 10.6 Å². The normalized spacial score (nSPS) is 20.9. The quantitative estimate of drug-likeness (QED) is 0.863. The number of pyridine rings is 1. The predicted octanol–water partition coefficient (Wildman–Crippen LogP) is 0.914. The number of nitrogens with one attached hydrogen (secondary N) is 1. The lowest BCUT2D eigenvalue weighted by Gasteiger charge is -2.22. The molecule has 1 saturated heterocycles. The Balaban J connectivity index is 1.80. The third kappa shape index (κ3) is 2.41. The summed E-state index contributed by atoms with van der Waals surface area (Å²) in [5, 5.41) is 8.46. The average molecular weight is 253 g/mol. The summed E-state index contributed by atoms with van der Waals surface area (Å²) in [7, 11) is 0. The molecule has 1 N–H and O–H groups in total. The molecule has 2 aromatic rings. The van der Waals surface area contributed by atoms with Crippen LogP contribution in [0.4, 0.5) is 0 Å². The van der Waals surface area contributed by atoms with E-state index in [2.05, 4.69) is 15.4 Å². The topological polar surface area (TPSA) is 51.5 Å². The second kappa shape index (κ2) is 4.60. The number of hydrogen-bond acceptors (Lipinski definition) is 4. The van der Waals surface area contributed by atoms with Gasteiger partial charge in [0.15, 0.2) is 11.5 Å². The highest BCUT2D eigenvalue weighted by molar-refractivity contribution is 6.30. The van der Waals surface area contributed by atoms with Gasteiger partial charge in [-0.05, 0) is 6.07 Å². The molecule has 6 heteroatoms. The van der Waals surface area contributed by atoms with Crippen molar-refractivity contribution in [1.29, 1.82) is 0 Å². The van der Waals surface area contributed by atoms with E-state index in [0.717, 1.165) is 37.7 Å². The summed E-state index contributed by atoms with van der Waals surface area (Å²) in [5.41, 5.74) is 0.782. The fourth-order valence-electron chi connectivity index (χ4n) is 1.96. The van der Waals surface area contributed by atoms with E-state index in [1.165, 1.54) is 0 Å². The molecule has 0 aliphatic carbocycles. The Hall–Kier alpha value is -1.17. The van der Waals surface area contributed by atoms with Gasteiger partial charge in [0.1, 0.15) is 0 Å². The summed E-state index contributed by atoms with van der Waals surface area (Å²) in [5.74, 6) is 0.815. The molecule has 1 fully saturated rings. The molecule has 1 unspecified atom stereocenters. The first-order valence-electron chi connectivity index (χ1n) is 5.63. The van der Waals surface area contributed by atoms with Crippen molar-refractivity contribution in [3.63, 3.8) is 0 Å². The van der Waals surface area contributed by atoms with Gasteiger partial charge in [-0.2, -0.15) is 5.10 Å². The van der Waals surface area contributed by atoms with Crippen LogP contribution in [0, 0.1) is 0 Å². The first-order valence-corrected chi connectivity index (χ1v) is 6.01. The zero-order valence-electron chi connectivity index (χ0n) is 9.27. The van der Waals surface area contributed by atoms with Crippen LogP contribution in [0.15, 0.2) is 18.3 Å². The molecule has 17 heavy (non-hydrogen) atoms. The first-order chi connectivity index (χ1) is 8.31. The standard InChI is InChI=1S/C11H13ClN4O/c12-8-1-3-16-11(5-8)14-10(15-16)6-9-7-17-4-2-13-9/h1,3,5,9,13H,2,4,6-7H2. The van der Waals surface area contributed by atoms with Gasteiger partial charge in [0.2, 0.25) is 0 Å². The Kier molecular flexibility index (Phi) is 2.96. The van der Waals surface area contributed by atoms with Crippen LogP contribution >= 0.6 is 11.6 Å². The smallest absolute Gasteiger partial charge is 0.157 e. The summed E-state index contributed by atoms with van der Waals surface area (Å²) < 4.78 is 7.14.